The minimum Gasteiger partial charge on any atom is -0.480 e. The summed E-state index contributed by atoms with van der Waals surface area (Å²) in [6.45, 7) is -0.581. The number of rotatable bonds is 16. The Kier molecular flexibility index (Phi) is 17.1. The number of hydrogen-bond acceptors (Lipinski definition) is 14. The first-order valence-electron chi connectivity index (χ1n) is 16.9. The molecule has 1 fully saturated rings. The fraction of sp³-hybridized carbons (Fsp3) is 0.548. The van der Waals surface area contributed by atoms with Crippen molar-refractivity contribution in [2.45, 2.75) is 25.2 Å². The van der Waals surface area contributed by atoms with Gasteiger partial charge in [-0.1, -0.05) is 0 Å². The second-order valence-corrected chi connectivity index (χ2v) is 12.4. The van der Waals surface area contributed by atoms with Gasteiger partial charge < -0.3 is 40.9 Å². The van der Waals surface area contributed by atoms with Crippen molar-refractivity contribution in [2.75, 3.05) is 90.5 Å². The number of aliphatic imine (C=N–C) groups is 1. The number of carbonyl (C=O) groups excluding carboxylic acids is 4. The molecule has 0 radical (unpaired) electrons. The molecule has 2 aliphatic heterocycles. The number of likely N-dealkylation sites (tertiary alicyclic amines) is 1. The fourth-order valence-electron chi connectivity index (χ4n) is 5.70. The predicted molar refractivity (Wildman–Crippen MR) is 188 cm³/mol. The van der Waals surface area contributed by atoms with Gasteiger partial charge in [-0.3, -0.25) is 64.1 Å². The van der Waals surface area contributed by atoms with Crippen LogP contribution in [0.15, 0.2) is 29.3 Å². The lowest BCUT2D eigenvalue weighted by Gasteiger charge is -2.29. The van der Waals surface area contributed by atoms with Gasteiger partial charge in [0, 0.05) is 64.3 Å². The molecule has 9 N–H and O–H groups in total. The number of benzene rings is 1. The molecule has 1 atom stereocenters. The van der Waals surface area contributed by atoms with Crippen molar-refractivity contribution < 1.29 is 58.9 Å². The molecule has 2 heterocycles. The van der Waals surface area contributed by atoms with Gasteiger partial charge in [0.1, 0.15) is 5.71 Å². The van der Waals surface area contributed by atoms with Crippen molar-refractivity contribution in [2.24, 2.45) is 4.99 Å². The maximum atomic E-state index is 13.1. The first-order chi connectivity index (χ1) is 25.2. The Morgan fingerprint density at radius 1 is 0.755 bits per heavy atom. The Balaban J connectivity index is 1.50. The normalized spacial score (nSPS) is 17.7. The SMILES string of the molecule is O=C(O)CN1CCN=C(C(=O)NCCC(=O)NNc2ccc(C(=O)NCC(=O)N3CCC[C@H]3B(O)O)cc2)CN(CC(=O)O)CCN(CC(=O)O)CC1. The van der Waals surface area contributed by atoms with Crippen molar-refractivity contribution in [3.05, 3.63) is 29.8 Å². The van der Waals surface area contributed by atoms with Crippen LogP contribution in [-0.4, -0.2) is 190 Å². The summed E-state index contributed by atoms with van der Waals surface area (Å²) in [6.07, 6.45) is 0.920. The number of nitrogens with one attached hydrogen (secondary N) is 4. The first-order valence-corrected chi connectivity index (χ1v) is 16.9. The standard InChI is InChI=1S/C31H46BN9O12/c42-25(37-36-22-5-3-21(4-6-22)30(50)35-16-26(43)41-10-1-2-24(41)32(52)53)7-8-34-31(51)23-17-40(20-29(48)49)15-14-39(19-28(46)47)13-12-38(11-9-33-23)18-27(44)45/h3-6,24,36,52-53H,1-2,7-20H2,(H,34,51)(H,35,50)(H,37,42)(H,44,45)(H,46,47)(H,48,49)/t24-/m0/s1. The monoisotopic (exact) mass is 747 g/mol. The summed E-state index contributed by atoms with van der Waals surface area (Å²) in [5, 5.41) is 52.0. The minimum atomic E-state index is -1.66. The summed E-state index contributed by atoms with van der Waals surface area (Å²) in [4.78, 5) is 95.1. The van der Waals surface area contributed by atoms with Crippen LogP contribution < -0.4 is 21.5 Å². The third-order valence-corrected chi connectivity index (χ3v) is 8.39. The van der Waals surface area contributed by atoms with E-state index in [1.54, 1.807) is 9.80 Å². The highest BCUT2D eigenvalue weighted by atomic mass is 16.4. The number of amides is 4. The number of anilines is 1. The minimum absolute atomic E-state index is 0.00746. The number of carbonyl (C=O) groups is 7. The van der Waals surface area contributed by atoms with E-state index in [0.717, 1.165) is 0 Å². The van der Waals surface area contributed by atoms with Crippen LogP contribution in [0.3, 0.4) is 0 Å². The van der Waals surface area contributed by atoms with Crippen LogP contribution in [0, 0.1) is 0 Å². The quantitative estimate of drug-likeness (QED) is 0.0575. The van der Waals surface area contributed by atoms with Gasteiger partial charge in [-0.25, -0.2) is 0 Å². The van der Waals surface area contributed by atoms with Gasteiger partial charge in [0.2, 0.25) is 11.8 Å². The van der Waals surface area contributed by atoms with E-state index in [-0.39, 0.29) is 89.7 Å². The van der Waals surface area contributed by atoms with Crippen LogP contribution in [0.4, 0.5) is 5.69 Å². The molecule has 0 unspecified atom stereocenters. The summed E-state index contributed by atoms with van der Waals surface area (Å²) < 4.78 is 0. The molecule has 290 valence electrons. The van der Waals surface area contributed by atoms with Crippen molar-refractivity contribution in [3.63, 3.8) is 0 Å². The summed E-state index contributed by atoms with van der Waals surface area (Å²) in [5.74, 6) is -6.19. The van der Waals surface area contributed by atoms with Crippen molar-refractivity contribution >= 4 is 60.1 Å². The molecule has 3 rings (SSSR count). The van der Waals surface area contributed by atoms with Crippen molar-refractivity contribution in [1.29, 1.82) is 0 Å². The number of aliphatic carboxylic acids is 3. The van der Waals surface area contributed by atoms with Gasteiger partial charge in [0.15, 0.2) is 0 Å². The van der Waals surface area contributed by atoms with Gasteiger partial charge in [-0.2, -0.15) is 0 Å². The lowest BCUT2D eigenvalue weighted by molar-refractivity contribution is -0.140. The average molecular weight is 748 g/mol. The van der Waals surface area contributed by atoms with Gasteiger partial charge in [0.25, 0.3) is 11.8 Å². The van der Waals surface area contributed by atoms with Crippen LogP contribution in [0.1, 0.15) is 29.6 Å². The number of carboxylic acid groups (broad SMARTS) is 3. The topological polar surface area (TPSA) is 294 Å². The van der Waals surface area contributed by atoms with E-state index >= 15 is 0 Å². The number of hydrazine groups is 1. The van der Waals surface area contributed by atoms with E-state index in [9.17, 15) is 58.9 Å². The molecule has 0 bridgehead atoms. The maximum Gasteiger partial charge on any atom is 0.475 e. The molecule has 53 heavy (non-hydrogen) atoms. The Bertz CT molecular complexity index is 1500. The first kappa shape index (κ1) is 42.3. The predicted octanol–water partition coefficient (Wildman–Crippen LogP) is -4.02. The zero-order chi connectivity index (χ0) is 38.9. The highest BCUT2D eigenvalue weighted by Crippen LogP contribution is 2.18. The molecule has 0 saturated carbocycles. The molecule has 4 amide bonds. The highest BCUT2D eigenvalue weighted by Gasteiger charge is 2.36. The lowest BCUT2D eigenvalue weighted by atomic mass is 9.78. The maximum absolute atomic E-state index is 13.1. The summed E-state index contributed by atoms with van der Waals surface area (Å²) in [7, 11) is -1.66. The summed E-state index contributed by atoms with van der Waals surface area (Å²) in [6, 6.07) is 5.96. The number of hydrogen-bond donors (Lipinski definition) is 9. The molecular weight excluding hydrogens is 701 g/mol. The van der Waals surface area contributed by atoms with E-state index in [4.69, 9.17) is 0 Å². The zero-order valence-corrected chi connectivity index (χ0v) is 29.1. The Labute approximate surface area is 305 Å². The second-order valence-electron chi connectivity index (χ2n) is 12.4. The largest absolute Gasteiger partial charge is 0.480 e. The van der Waals surface area contributed by atoms with Gasteiger partial charge in [-0.05, 0) is 37.1 Å². The van der Waals surface area contributed by atoms with Gasteiger partial charge >= 0.3 is 25.0 Å². The molecule has 0 aromatic heterocycles. The second kappa shape index (κ2) is 21.4. The Morgan fingerprint density at radius 3 is 1.94 bits per heavy atom. The third kappa shape index (κ3) is 15.2. The van der Waals surface area contributed by atoms with Gasteiger partial charge in [-0.15, -0.1) is 0 Å². The fourth-order valence-corrected chi connectivity index (χ4v) is 5.70. The van der Waals surface area contributed by atoms with Crippen LogP contribution >= 0.6 is 0 Å². The smallest absolute Gasteiger partial charge is 0.475 e. The molecular formula is C31H46BN9O12. The Hall–Kier alpha value is -5.16. The van der Waals surface area contributed by atoms with Crippen LogP contribution in [0.2, 0.25) is 0 Å². The number of carboxylic acids is 3. The number of nitrogens with zero attached hydrogens (tertiary/aromatic N) is 5. The van der Waals surface area contributed by atoms with E-state index < -0.39 is 61.1 Å². The average Bonchev–Trinajstić information content (AvgIpc) is 3.60. The molecule has 1 aromatic carbocycles. The van der Waals surface area contributed by atoms with E-state index in [1.807, 2.05) is 0 Å². The highest BCUT2D eigenvalue weighted by molar-refractivity contribution is 6.43. The van der Waals surface area contributed by atoms with Crippen molar-refractivity contribution in [1.82, 2.24) is 35.7 Å². The van der Waals surface area contributed by atoms with E-state index in [0.29, 0.717) is 25.1 Å². The molecule has 0 spiro atoms. The lowest BCUT2D eigenvalue weighted by Crippen LogP contribution is -2.48. The van der Waals surface area contributed by atoms with Gasteiger partial charge in [0.05, 0.1) is 44.4 Å². The molecule has 2 aliphatic rings. The molecule has 1 aromatic rings. The van der Waals surface area contributed by atoms with Crippen LogP contribution in [-0.2, 0) is 28.8 Å². The van der Waals surface area contributed by atoms with E-state index in [2.05, 4.69) is 26.5 Å². The molecule has 21 nitrogen and oxygen atoms in total. The zero-order valence-electron chi connectivity index (χ0n) is 29.1. The van der Waals surface area contributed by atoms with Crippen molar-refractivity contribution in [3.8, 4) is 0 Å². The molecule has 0 aliphatic carbocycles. The molecule has 1 saturated heterocycles. The summed E-state index contributed by atoms with van der Waals surface area (Å²) >= 11 is 0. The third-order valence-electron chi connectivity index (χ3n) is 8.39. The summed E-state index contributed by atoms with van der Waals surface area (Å²) in [5.41, 5.74) is 5.77. The molecule has 22 heteroatoms. The Morgan fingerprint density at radius 2 is 1.34 bits per heavy atom. The van der Waals surface area contributed by atoms with Crippen LogP contribution in [0.5, 0.6) is 0 Å². The van der Waals surface area contributed by atoms with Crippen LogP contribution in [0.25, 0.3) is 0 Å². The van der Waals surface area contributed by atoms with E-state index in [1.165, 1.54) is 34.1 Å².